The van der Waals surface area contributed by atoms with Crippen LogP contribution in [0.4, 0.5) is 11.9 Å². The molecule has 0 bridgehead atoms. The van der Waals surface area contributed by atoms with E-state index in [4.69, 9.17) is 0 Å². The van der Waals surface area contributed by atoms with Gasteiger partial charge in [-0.25, -0.2) is 0 Å². The molecule has 3 heterocycles. The Morgan fingerprint density at radius 1 is 1.35 bits per heavy atom. The predicted molar refractivity (Wildman–Crippen MR) is 96.5 cm³/mol. The van der Waals surface area contributed by atoms with Crippen molar-refractivity contribution in [3.05, 3.63) is 17.3 Å². The Kier molecular flexibility index (Phi) is 4.06. The molecule has 2 aromatic rings. The third-order valence-electron chi connectivity index (χ3n) is 4.20. The van der Waals surface area contributed by atoms with Crippen molar-refractivity contribution in [2.45, 2.75) is 39.2 Å². The number of rotatable bonds is 6. The molecule has 1 aliphatic carbocycles. The summed E-state index contributed by atoms with van der Waals surface area (Å²) in [5, 5.41) is 13.3. The van der Waals surface area contributed by atoms with Crippen molar-refractivity contribution < 1.29 is 9.59 Å². The zero-order valence-electron chi connectivity index (χ0n) is 14.7. The Bertz CT molecular complexity index is 911. The lowest BCUT2D eigenvalue weighted by molar-refractivity contribution is -0.124. The first-order chi connectivity index (χ1) is 12.5. The van der Waals surface area contributed by atoms with Gasteiger partial charge in [-0.2, -0.15) is 19.6 Å². The highest BCUT2D eigenvalue weighted by Gasteiger charge is 2.26. The SMILES string of the molecule is CC(C)CNc1nc(NC2CC2)n2ncc(/C=C3\CC(=O)NC3=O)c2n1. The highest BCUT2D eigenvalue weighted by atomic mass is 16.2. The fourth-order valence-corrected chi connectivity index (χ4v) is 2.68. The van der Waals surface area contributed by atoms with E-state index in [1.54, 1.807) is 16.8 Å². The number of anilines is 2. The lowest BCUT2D eigenvalue weighted by Crippen LogP contribution is -2.19. The summed E-state index contributed by atoms with van der Waals surface area (Å²) < 4.78 is 1.64. The van der Waals surface area contributed by atoms with Gasteiger partial charge in [0, 0.05) is 23.7 Å². The zero-order valence-corrected chi connectivity index (χ0v) is 14.7. The van der Waals surface area contributed by atoms with E-state index in [1.807, 2.05) is 0 Å². The van der Waals surface area contributed by atoms with Crippen molar-refractivity contribution in [1.29, 1.82) is 0 Å². The van der Waals surface area contributed by atoms with Crippen LogP contribution >= 0.6 is 0 Å². The van der Waals surface area contributed by atoms with E-state index in [-0.39, 0.29) is 18.2 Å². The van der Waals surface area contributed by atoms with Crippen LogP contribution < -0.4 is 16.0 Å². The van der Waals surface area contributed by atoms with Gasteiger partial charge in [0.1, 0.15) is 0 Å². The second-order valence-corrected chi connectivity index (χ2v) is 7.12. The maximum Gasteiger partial charge on any atom is 0.254 e. The second kappa shape index (κ2) is 6.40. The molecule has 2 amide bonds. The number of hydrogen-bond acceptors (Lipinski definition) is 7. The lowest BCUT2D eigenvalue weighted by atomic mass is 10.1. The second-order valence-electron chi connectivity index (χ2n) is 7.12. The smallest absolute Gasteiger partial charge is 0.254 e. The number of nitrogens with zero attached hydrogens (tertiary/aromatic N) is 4. The average molecular weight is 355 g/mol. The molecule has 4 rings (SSSR count). The molecule has 1 aliphatic heterocycles. The summed E-state index contributed by atoms with van der Waals surface area (Å²) in [5.41, 5.74) is 1.68. The lowest BCUT2D eigenvalue weighted by Gasteiger charge is -2.11. The zero-order chi connectivity index (χ0) is 18.3. The van der Waals surface area contributed by atoms with E-state index in [0.29, 0.717) is 40.6 Å². The summed E-state index contributed by atoms with van der Waals surface area (Å²) in [4.78, 5) is 32.3. The summed E-state index contributed by atoms with van der Waals surface area (Å²) in [6.07, 6.45) is 5.61. The Morgan fingerprint density at radius 2 is 2.15 bits per heavy atom. The first kappa shape index (κ1) is 16.5. The van der Waals surface area contributed by atoms with Crippen LogP contribution in [0.3, 0.4) is 0 Å². The summed E-state index contributed by atoms with van der Waals surface area (Å²) in [6.45, 7) is 4.97. The molecule has 0 spiro atoms. The Balaban J connectivity index is 1.74. The molecule has 3 N–H and O–H groups in total. The Morgan fingerprint density at radius 3 is 2.81 bits per heavy atom. The molecule has 2 fully saturated rings. The normalized spacial score (nSPS) is 18.8. The fraction of sp³-hybridized carbons (Fsp3) is 0.471. The standard InChI is InChI=1S/C17H21N7O2/c1-9(2)7-18-16-22-14-11(5-10-6-13(25)21-15(10)26)8-19-24(14)17(23-16)20-12-3-4-12/h5,8-9,12H,3-4,6-7H2,1-2H3,(H,21,25,26)(H2,18,20,22,23)/b10-5+. The van der Waals surface area contributed by atoms with Gasteiger partial charge in [0.05, 0.1) is 12.6 Å². The molecule has 0 atom stereocenters. The molecule has 0 aromatic carbocycles. The number of nitrogens with one attached hydrogen (secondary N) is 3. The predicted octanol–water partition coefficient (Wildman–Crippen LogP) is 1.20. The van der Waals surface area contributed by atoms with E-state index < -0.39 is 0 Å². The number of hydrogen-bond donors (Lipinski definition) is 3. The van der Waals surface area contributed by atoms with E-state index >= 15 is 0 Å². The third-order valence-corrected chi connectivity index (χ3v) is 4.20. The van der Waals surface area contributed by atoms with Gasteiger partial charge >= 0.3 is 0 Å². The van der Waals surface area contributed by atoms with Crippen LogP contribution in [0.25, 0.3) is 11.7 Å². The van der Waals surface area contributed by atoms with E-state index in [2.05, 4.69) is 44.9 Å². The Labute approximate surface area is 150 Å². The van der Waals surface area contributed by atoms with E-state index in [0.717, 1.165) is 19.4 Å². The minimum atomic E-state index is -0.363. The maximum atomic E-state index is 11.8. The quantitative estimate of drug-likeness (QED) is 0.527. The van der Waals surface area contributed by atoms with Gasteiger partial charge in [-0.1, -0.05) is 13.8 Å². The van der Waals surface area contributed by atoms with Gasteiger partial charge in [0.25, 0.3) is 5.91 Å². The average Bonchev–Trinajstić information content (AvgIpc) is 3.22. The van der Waals surface area contributed by atoms with Crippen LogP contribution in [0.5, 0.6) is 0 Å². The first-order valence-electron chi connectivity index (χ1n) is 8.80. The molecule has 26 heavy (non-hydrogen) atoms. The van der Waals surface area contributed by atoms with Crippen LogP contribution in [0.1, 0.15) is 38.7 Å². The molecule has 2 aliphatic rings. The topological polar surface area (TPSA) is 113 Å². The van der Waals surface area contributed by atoms with Crippen LogP contribution in [0.2, 0.25) is 0 Å². The summed E-state index contributed by atoms with van der Waals surface area (Å²) in [6, 6.07) is 0.412. The molecule has 9 nitrogen and oxygen atoms in total. The van der Waals surface area contributed by atoms with Crippen LogP contribution in [0, 0.1) is 5.92 Å². The minimum Gasteiger partial charge on any atom is -0.354 e. The van der Waals surface area contributed by atoms with E-state index in [9.17, 15) is 9.59 Å². The number of amides is 2. The summed E-state index contributed by atoms with van der Waals surface area (Å²) in [5.74, 6) is 0.941. The molecule has 1 saturated heterocycles. The van der Waals surface area contributed by atoms with Crippen LogP contribution in [0.15, 0.2) is 11.8 Å². The number of aromatic nitrogens is 4. The third kappa shape index (κ3) is 3.37. The molecule has 2 aromatic heterocycles. The van der Waals surface area contributed by atoms with Gasteiger partial charge < -0.3 is 10.6 Å². The van der Waals surface area contributed by atoms with Crippen molar-refractivity contribution in [3.8, 4) is 0 Å². The van der Waals surface area contributed by atoms with Gasteiger partial charge in [0.2, 0.25) is 17.8 Å². The molecule has 0 unspecified atom stereocenters. The monoisotopic (exact) mass is 355 g/mol. The highest BCUT2D eigenvalue weighted by Crippen LogP contribution is 2.26. The number of fused-ring (bicyclic) bond motifs is 1. The minimum absolute atomic E-state index is 0.0763. The highest BCUT2D eigenvalue weighted by molar-refractivity contribution is 6.15. The first-order valence-corrected chi connectivity index (χ1v) is 8.80. The van der Waals surface area contributed by atoms with Gasteiger partial charge in [0.15, 0.2) is 5.65 Å². The van der Waals surface area contributed by atoms with Crippen molar-refractivity contribution in [2.75, 3.05) is 17.2 Å². The maximum absolute atomic E-state index is 11.8. The summed E-state index contributed by atoms with van der Waals surface area (Å²) >= 11 is 0. The van der Waals surface area contributed by atoms with Gasteiger partial charge in [-0.05, 0) is 24.8 Å². The van der Waals surface area contributed by atoms with Gasteiger partial charge in [-0.3, -0.25) is 14.9 Å². The van der Waals surface area contributed by atoms with Crippen molar-refractivity contribution in [3.63, 3.8) is 0 Å². The fourth-order valence-electron chi connectivity index (χ4n) is 2.68. The molecule has 9 heteroatoms. The molecular formula is C17H21N7O2. The number of carbonyl (C=O) groups is 2. The Hall–Kier alpha value is -2.97. The molecule has 1 saturated carbocycles. The molecular weight excluding hydrogens is 334 g/mol. The van der Waals surface area contributed by atoms with Crippen LogP contribution in [-0.2, 0) is 9.59 Å². The number of carbonyl (C=O) groups excluding carboxylic acids is 2. The number of imide groups is 1. The van der Waals surface area contributed by atoms with Crippen LogP contribution in [-0.4, -0.2) is 44.0 Å². The van der Waals surface area contributed by atoms with Gasteiger partial charge in [-0.15, -0.1) is 0 Å². The summed E-state index contributed by atoms with van der Waals surface area (Å²) in [7, 11) is 0. The molecule has 136 valence electrons. The van der Waals surface area contributed by atoms with Crippen molar-refractivity contribution >= 4 is 35.4 Å². The van der Waals surface area contributed by atoms with E-state index in [1.165, 1.54) is 0 Å². The van der Waals surface area contributed by atoms with Crippen molar-refractivity contribution in [2.24, 2.45) is 5.92 Å². The largest absolute Gasteiger partial charge is 0.354 e. The molecule has 0 radical (unpaired) electrons. The van der Waals surface area contributed by atoms with Crippen molar-refractivity contribution in [1.82, 2.24) is 24.9 Å².